The van der Waals surface area contributed by atoms with Crippen molar-refractivity contribution in [2.24, 2.45) is 0 Å². The van der Waals surface area contributed by atoms with Gasteiger partial charge in [0.25, 0.3) is 0 Å². The molecule has 1 atom stereocenters. The number of hydrogen-bond acceptors (Lipinski definition) is 1. The molecule has 0 aliphatic carbocycles. The van der Waals surface area contributed by atoms with Crippen molar-refractivity contribution in [1.29, 1.82) is 0 Å². The van der Waals surface area contributed by atoms with Gasteiger partial charge in [0.05, 0.1) is 6.04 Å². The summed E-state index contributed by atoms with van der Waals surface area (Å²) in [6.45, 7) is 2.22. The second kappa shape index (κ2) is 7.84. The smallest absolute Gasteiger partial charge is 0.0589 e. The quantitative estimate of drug-likeness (QED) is 0.725. The normalized spacial score (nSPS) is 12.4. The summed E-state index contributed by atoms with van der Waals surface area (Å²) in [5.41, 5.74) is 3.64. The molecule has 0 aliphatic rings. The molecule has 3 heteroatoms. The summed E-state index contributed by atoms with van der Waals surface area (Å²) in [4.78, 5) is 0. The third-order valence-electron chi connectivity index (χ3n) is 3.69. The monoisotopic (exact) mass is 321 g/mol. The van der Waals surface area contributed by atoms with Crippen LogP contribution in [0, 0.1) is 0 Å². The van der Waals surface area contributed by atoms with Gasteiger partial charge < -0.3 is 5.32 Å². The molecule has 2 aromatic carbocycles. The summed E-state index contributed by atoms with van der Waals surface area (Å²) in [5.74, 6) is 0. The van der Waals surface area contributed by atoms with Crippen molar-refractivity contribution < 1.29 is 0 Å². The highest BCUT2D eigenvalue weighted by Gasteiger charge is 2.15. The van der Waals surface area contributed by atoms with Gasteiger partial charge in [-0.25, -0.2) is 0 Å². The third-order valence-corrected chi connectivity index (χ3v) is 4.26. The van der Waals surface area contributed by atoms with Crippen LogP contribution in [-0.2, 0) is 6.42 Å². The van der Waals surface area contributed by atoms with Gasteiger partial charge in [-0.3, -0.25) is 0 Å². The van der Waals surface area contributed by atoms with Crippen LogP contribution < -0.4 is 5.32 Å². The van der Waals surface area contributed by atoms with Crippen molar-refractivity contribution in [3.05, 3.63) is 69.2 Å². The molecule has 1 N–H and O–H groups in total. The van der Waals surface area contributed by atoms with Crippen LogP contribution in [0.25, 0.3) is 0 Å². The molecule has 112 valence electrons. The Morgan fingerprint density at radius 1 is 1.05 bits per heavy atom. The minimum absolute atomic E-state index is 0.0787. The first-order chi connectivity index (χ1) is 10.2. The molecule has 0 aromatic heterocycles. The highest BCUT2D eigenvalue weighted by atomic mass is 35.5. The Hall–Kier alpha value is -1.02. The number of unbranched alkanes of at least 4 members (excludes halogenated alkanes) is 1. The van der Waals surface area contributed by atoms with E-state index in [9.17, 15) is 0 Å². The maximum Gasteiger partial charge on any atom is 0.0589 e. The number of halogens is 2. The lowest BCUT2D eigenvalue weighted by molar-refractivity contribution is 0.691. The Labute approximate surface area is 137 Å². The number of nitrogens with one attached hydrogen (secondary N) is 1. The molecule has 21 heavy (non-hydrogen) atoms. The Morgan fingerprint density at radius 3 is 2.33 bits per heavy atom. The average Bonchev–Trinajstić information content (AvgIpc) is 2.49. The van der Waals surface area contributed by atoms with Crippen molar-refractivity contribution in [2.45, 2.75) is 32.2 Å². The maximum atomic E-state index is 6.33. The van der Waals surface area contributed by atoms with Gasteiger partial charge in [-0.05, 0) is 48.7 Å². The van der Waals surface area contributed by atoms with Crippen molar-refractivity contribution in [3.63, 3.8) is 0 Å². The van der Waals surface area contributed by atoms with Crippen LogP contribution in [0.3, 0.4) is 0 Å². The Bertz CT molecular complexity index is 578. The zero-order valence-corrected chi connectivity index (χ0v) is 14.0. The van der Waals surface area contributed by atoms with Gasteiger partial charge in [0.1, 0.15) is 0 Å². The molecule has 0 aliphatic heterocycles. The van der Waals surface area contributed by atoms with Gasteiger partial charge in [0.2, 0.25) is 0 Å². The van der Waals surface area contributed by atoms with Crippen LogP contribution in [0.2, 0.25) is 10.0 Å². The summed E-state index contributed by atoms with van der Waals surface area (Å²) in [5, 5.41) is 4.68. The van der Waals surface area contributed by atoms with E-state index in [0.717, 1.165) is 12.0 Å². The van der Waals surface area contributed by atoms with Crippen LogP contribution in [0.5, 0.6) is 0 Å². The van der Waals surface area contributed by atoms with E-state index in [-0.39, 0.29) is 6.04 Å². The van der Waals surface area contributed by atoms with Crippen molar-refractivity contribution >= 4 is 23.2 Å². The van der Waals surface area contributed by atoms with Gasteiger partial charge in [-0.15, -0.1) is 0 Å². The average molecular weight is 322 g/mol. The van der Waals surface area contributed by atoms with Crippen LogP contribution in [-0.4, -0.2) is 7.05 Å². The standard InChI is InChI=1S/C18H21Cl2N/c1-3-4-5-13-6-8-14(9-7-13)18(21-2)16-11-10-15(19)12-17(16)20/h6-12,18,21H,3-5H2,1-2H3. The van der Waals surface area contributed by atoms with Crippen molar-refractivity contribution in [2.75, 3.05) is 7.05 Å². The summed E-state index contributed by atoms with van der Waals surface area (Å²) >= 11 is 12.3. The zero-order chi connectivity index (χ0) is 15.2. The fourth-order valence-electron chi connectivity index (χ4n) is 2.49. The fourth-order valence-corrected chi connectivity index (χ4v) is 3.01. The van der Waals surface area contributed by atoms with Gasteiger partial charge in [0.15, 0.2) is 0 Å². The van der Waals surface area contributed by atoms with E-state index in [4.69, 9.17) is 23.2 Å². The van der Waals surface area contributed by atoms with E-state index in [1.54, 1.807) is 6.07 Å². The molecular weight excluding hydrogens is 301 g/mol. The molecular formula is C18H21Cl2N. The molecule has 0 heterocycles. The topological polar surface area (TPSA) is 12.0 Å². The molecule has 0 radical (unpaired) electrons. The van der Waals surface area contributed by atoms with Gasteiger partial charge in [-0.2, -0.15) is 0 Å². The molecule has 0 amide bonds. The largest absolute Gasteiger partial charge is 0.309 e. The van der Waals surface area contributed by atoms with Gasteiger partial charge in [0, 0.05) is 10.0 Å². The number of benzene rings is 2. The maximum absolute atomic E-state index is 6.33. The van der Waals surface area contributed by atoms with Crippen LogP contribution in [0.15, 0.2) is 42.5 Å². The highest BCUT2D eigenvalue weighted by molar-refractivity contribution is 6.35. The predicted molar refractivity (Wildman–Crippen MR) is 92.4 cm³/mol. The molecule has 1 nitrogen and oxygen atoms in total. The predicted octanol–water partition coefficient (Wildman–Crippen LogP) is 5.64. The summed E-state index contributed by atoms with van der Waals surface area (Å²) in [6, 6.07) is 14.5. The van der Waals surface area contributed by atoms with Crippen LogP contribution >= 0.6 is 23.2 Å². The van der Waals surface area contributed by atoms with Crippen molar-refractivity contribution in [3.8, 4) is 0 Å². The summed E-state index contributed by atoms with van der Waals surface area (Å²) in [6.07, 6.45) is 3.60. The molecule has 0 bridgehead atoms. The fraction of sp³-hybridized carbons (Fsp3) is 0.333. The van der Waals surface area contributed by atoms with Crippen LogP contribution in [0.4, 0.5) is 0 Å². The van der Waals surface area contributed by atoms with Crippen molar-refractivity contribution in [1.82, 2.24) is 5.32 Å². The third kappa shape index (κ3) is 4.23. The lowest BCUT2D eigenvalue weighted by Gasteiger charge is -2.19. The first-order valence-electron chi connectivity index (χ1n) is 7.36. The lowest BCUT2D eigenvalue weighted by atomic mass is 9.97. The number of rotatable bonds is 6. The minimum atomic E-state index is 0.0787. The zero-order valence-electron chi connectivity index (χ0n) is 12.5. The molecule has 1 unspecified atom stereocenters. The summed E-state index contributed by atoms with van der Waals surface area (Å²) in [7, 11) is 1.95. The Balaban J connectivity index is 2.24. The van der Waals surface area contributed by atoms with Crippen LogP contribution in [0.1, 0.15) is 42.5 Å². The molecule has 2 rings (SSSR count). The van der Waals surface area contributed by atoms with Gasteiger partial charge >= 0.3 is 0 Å². The Kier molecular flexibility index (Phi) is 6.10. The first kappa shape index (κ1) is 16.4. The second-order valence-corrected chi connectivity index (χ2v) is 6.08. The van der Waals surface area contributed by atoms with E-state index in [0.29, 0.717) is 10.0 Å². The molecule has 0 saturated carbocycles. The Morgan fingerprint density at radius 2 is 1.76 bits per heavy atom. The van der Waals surface area contributed by atoms with E-state index in [1.165, 1.54) is 24.0 Å². The van der Waals surface area contributed by atoms with Gasteiger partial charge in [-0.1, -0.05) is 66.9 Å². The SMILES string of the molecule is CCCCc1ccc(C(NC)c2ccc(Cl)cc2Cl)cc1. The minimum Gasteiger partial charge on any atom is -0.309 e. The highest BCUT2D eigenvalue weighted by Crippen LogP contribution is 2.30. The lowest BCUT2D eigenvalue weighted by Crippen LogP contribution is -2.18. The molecule has 0 saturated heterocycles. The number of hydrogen-bond donors (Lipinski definition) is 1. The second-order valence-electron chi connectivity index (χ2n) is 5.23. The summed E-state index contributed by atoms with van der Waals surface area (Å²) < 4.78 is 0. The van der Waals surface area contributed by atoms with E-state index in [1.807, 2.05) is 19.2 Å². The first-order valence-corrected chi connectivity index (χ1v) is 8.12. The van der Waals surface area contributed by atoms with E-state index >= 15 is 0 Å². The molecule has 2 aromatic rings. The van der Waals surface area contributed by atoms with E-state index in [2.05, 4.69) is 36.5 Å². The number of aryl methyl sites for hydroxylation is 1. The van der Waals surface area contributed by atoms with E-state index < -0.39 is 0 Å². The molecule has 0 fully saturated rings. The molecule has 0 spiro atoms.